The van der Waals surface area contributed by atoms with Crippen LogP contribution in [0.15, 0.2) is 48.7 Å². The minimum absolute atomic E-state index is 0.488. The SMILES string of the molecule is Cc1ccc2c(ccn2-c2ccc3c(c2)B(O)OC3)c1. The van der Waals surface area contributed by atoms with Crippen LogP contribution in [0.25, 0.3) is 16.6 Å². The van der Waals surface area contributed by atoms with E-state index >= 15 is 0 Å². The molecule has 3 aromatic rings. The summed E-state index contributed by atoms with van der Waals surface area (Å²) in [6.45, 7) is 2.59. The summed E-state index contributed by atoms with van der Waals surface area (Å²) in [6, 6.07) is 14.6. The smallest absolute Gasteiger partial charge is 0.423 e. The second-order valence-corrected chi connectivity index (χ2v) is 5.29. The zero-order chi connectivity index (χ0) is 13.7. The number of hydrogen-bond acceptors (Lipinski definition) is 2. The minimum Gasteiger partial charge on any atom is -0.423 e. The molecule has 1 N–H and O–H groups in total. The molecule has 0 unspecified atom stereocenters. The number of benzene rings is 2. The van der Waals surface area contributed by atoms with Gasteiger partial charge >= 0.3 is 7.12 Å². The zero-order valence-electron chi connectivity index (χ0n) is 11.2. The van der Waals surface area contributed by atoms with E-state index in [9.17, 15) is 5.02 Å². The van der Waals surface area contributed by atoms with Gasteiger partial charge in [0.05, 0.1) is 12.1 Å². The molecule has 0 saturated heterocycles. The predicted octanol–water partition coefficient (Wildman–Crippen LogP) is 2.16. The lowest BCUT2D eigenvalue weighted by atomic mass is 9.79. The summed E-state index contributed by atoms with van der Waals surface area (Å²) in [4.78, 5) is 0. The third kappa shape index (κ3) is 1.69. The standard InChI is InChI=1S/C16H14BNO2/c1-11-2-5-16-12(8-11)6-7-18(16)14-4-3-13-10-20-17(19)15(13)9-14/h2-9,19H,10H2,1H3. The molecule has 1 aliphatic heterocycles. The van der Waals surface area contributed by atoms with Gasteiger partial charge in [-0.05, 0) is 48.3 Å². The molecule has 98 valence electrons. The largest absolute Gasteiger partial charge is 0.491 e. The second kappa shape index (κ2) is 4.23. The van der Waals surface area contributed by atoms with Gasteiger partial charge in [0.2, 0.25) is 0 Å². The van der Waals surface area contributed by atoms with Gasteiger partial charge in [-0.15, -0.1) is 0 Å². The van der Waals surface area contributed by atoms with Gasteiger partial charge in [-0.3, -0.25) is 0 Å². The average Bonchev–Trinajstić information content (AvgIpc) is 3.02. The molecule has 20 heavy (non-hydrogen) atoms. The molecule has 1 aliphatic rings. The minimum atomic E-state index is -0.797. The van der Waals surface area contributed by atoms with Gasteiger partial charge in [0.15, 0.2) is 0 Å². The van der Waals surface area contributed by atoms with Crippen molar-refractivity contribution in [2.24, 2.45) is 0 Å². The fourth-order valence-electron chi connectivity index (χ4n) is 2.84. The highest BCUT2D eigenvalue weighted by molar-refractivity contribution is 6.61. The summed E-state index contributed by atoms with van der Waals surface area (Å²) < 4.78 is 7.38. The fourth-order valence-corrected chi connectivity index (χ4v) is 2.84. The Bertz CT molecular complexity index is 809. The lowest BCUT2D eigenvalue weighted by Gasteiger charge is -2.08. The Labute approximate surface area is 117 Å². The molecular weight excluding hydrogens is 249 g/mol. The highest BCUT2D eigenvalue weighted by Gasteiger charge is 2.27. The van der Waals surface area contributed by atoms with Crippen LogP contribution in [0.4, 0.5) is 0 Å². The molecule has 0 spiro atoms. The first-order valence-corrected chi connectivity index (χ1v) is 6.73. The van der Waals surface area contributed by atoms with Gasteiger partial charge in [-0.1, -0.05) is 17.7 Å². The van der Waals surface area contributed by atoms with Crippen LogP contribution in [0.1, 0.15) is 11.1 Å². The molecule has 0 fully saturated rings. The Hall–Kier alpha value is -2.04. The van der Waals surface area contributed by atoms with E-state index in [4.69, 9.17) is 4.65 Å². The molecule has 1 aromatic heterocycles. The van der Waals surface area contributed by atoms with Crippen molar-refractivity contribution in [1.29, 1.82) is 0 Å². The van der Waals surface area contributed by atoms with Crippen molar-refractivity contribution in [3.05, 3.63) is 59.8 Å². The number of fused-ring (bicyclic) bond motifs is 2. The molecule has 0 radical (unpaired) electrons. The number of nitrogens with zero attached hydrogens (tertiary/aromatic N) is 1. The predicted molar refractivity (Wildman–Crippen MR) is 80.4 cm³/mol. The van der Waals surface area contributed by atoms with Crippen molar-refractivity contribution in [2.75, 3.05) is 0 Å². The van der Waals surface area contributed by atoms with Crippen molar-refractivity contribution in [3.63, 3.8) is 0 Å². The fraction of sp³-hybridized carbons (Fsp3) is 0.125. The summed E-state index contributed by atoms with van der Waals surface area (Å²) in [5, 5.41) is 11.0. The molecule has 2 heterocycles. The first kappa shape index (κ1) is 11.8. The van der Waals surface area contributed by atoms with E-state index in [1.807, 2.05) is 12.1 Å². The van der Waals surface area contributed by atoms with Gasteiger partial charge < -0.3 is 14.2 Å². The monoisotopic (exact) mass is 263 g/mol. The van der Waals surface area contributed by atoms with E-state index in [2.05, 4.69) is 48.0 Å². The summed E-state index contributed by atoms with van der Waals surface area (Å²) in [6.07, 6.45) is 2.06. The van der Waals surface area contributed by atoms with Gasteiger partial charge in [-0.2, -0.15) is 0 Å². The molecule has 0 saturated carbocycles. The molecule has 2 aromatic carbocycles. The molecule has 0 bridgehead atoms. The van der Waals surface area contributed by atoms with Crippen LogP contribution in [-0.2, 0) is 11.3 Å². The highest BCUT2D eigenvalue weighted by atomic mass is 16.5. The van der Waals surface area contributed by atoms with Gasteiger partial charge in [-0.25, -0.2) is 0 Å². The van der Waals surface area contributed by atoms with Crippen LogP contribution >= 0.6 is 0 Å². The molecule has 0 atom stereocenters. The van der Waals surface area contributed by atoms with E-state index < -0.39 is 7.12 Å². The molecule has 0 amide bonds. The summed E-state index contributed by atoms with van der Waals surface area (Å²) >= 11 is 0. The average molecular weight is 263 g/mol. The Morgan fingerprint density at radius 3 is 2.95 bits per heavy atom. The summed E-state index contributed by atoms with van der Waals surface area (Å²) in [5.41, 5.74) is 5.41. The Morgan fingerprint density at radius 2 is 2.05 bits per heavy atom. The normalized spacial score (nSPS) is 14.0. The first-order chi connectivity index (χ1) is 9.72. The lowest BCUT2D eigenvalue weighted by molar-refractivity contribution is 0.275. The van der Waals surface area contributed by atoms with E-state index in [1.54, 1.807) is 0 Å². The summed E-state index contributed by atoms with van der Waals surface area (Å²) in [7, 11) is -0.797. The molecule has 4 heteroatoms. The number of rotatable bonds is 1. The van der Waals surface area contributed by atoms with Gasteiger partial charge in [0.1, 0.15) is 0 Å². The van der Waals surface area contributed by atoms with Crippen LogP contribution in [0.3, 0.4) is 0 Å². The van der Waals surface area contributed by atoms with Crippen molar-refractivity contribution < 1.29 is 9.68 Å². The van der Waals surface area contributed by atoms with Crippen molar-refractivity contribution in [2.45, 2.75) is 13.5 Å². The second-order valence-electron chi connectivity index (χ2n) is 5.29. The zero-order valence-corrected chi connectivity index (χ0v) is 11.2. The molecule has 0 aliphatic carbocycles. The van der Waals surface area contributed by atoms with Crippen molar-refractivity contribution in [3.8, 4) is 5.69 Å². The van der Waals surface area contributed by atoms with Gasteiger partial charge in [0.25, 0.3) is 0 Å². The topological polar surface area (TPSA) is 34.4 Å². The first-order valence-electron chi connectivity index (χ1n) is 6.73. The number of aromatic nitrogens is 1. The Balaban J connectivity index is 1.89. The highest BCUT2D eigenvalue weighted by Crippen LogP contribution is 2.22. The molecule has 4 rings (SSSR count). The third-order valence-electron chi connectivity index (χ3n) is 3.92. The van der Waals surface area contributed by atoms with Crippen LogP contribution < -0.4 is 5.46 Å². The third-order valence-corrected chi connectivity index (χ3v) is 3.92. The maximum Gasteiger partial charge on any atom is 0.491 e. The maximum atomic E-state index is 9.82. The van der Waals surface area contributed by atoms with Crippen LogP contribution in [0, 0.1) is 6.92 Å². The molecule has 3 nitrogen and oxygen atoms in total. The van der Waals surface area contributed by atoms with Crippen LogP contribution in [-0.4, -0.2) is 16.7 Å². The van der Waals surface area contributed by atoms with E-state index in [-0.39, 0.29) is 0 Å². The van der Waals surface area contributed by atoms with E-state index in [0.29, 0.717) is 6.61 Å². The summed E-state index contributed by atoms with van der Waals surface area (Å²) in [5.74, 6) is 0. The molecular formula is C16H14BNO2. The quantitative estimate of drug-likeness (QED) is 0.683. The van der Waals surface area contributed by atoms with Gasteiger partial charge in [0, 0.05) is 17.3 Å². The van der Waals surface area contributed by atoms with Crippen molar-refractivity contribution in [1.82, 2.24) is 4.57 Å². The number of hydrogen-bond donors (Lipinski definition) is 1. The Kier molecular flexibility index (Phi) is 2.49. The Morgan fingerprint density at radius 1 is 1.15 bits per heavy atom. The van der Waals surface area contributed by atoms with Crippen LogP contribution in [0.5, 0.6) is 0 Å². The lowest BCUT2D eigenvalue weighted by Crippen LogP contribution is -2.28. The van der Waals surface area contributed by atoms with Crippen molar-refractivity contribution >= 4 is 23.5 Å². The maximum absolute atomic E-state index is 9.82. The number of aryl methyl sites for hydroxylation is 1. The van der Waals surface area contributed by atoms with E-state index in [0.717, 1.165) is 16.7 Å². The van der Waals surface area contributed by atoms with Crippen LogP contribution in [0.2, 0.25) is 0 Å². The van der Waals surface area contributed by atoms with E-state index in [1.165, 1.54) is 16.5 Å².